The molecule has 4 aromatic rings. The van der Waals surface area contributed by atoms with E-state index in [9.17, 15) is 27.6 Å². The zero-order valence-corrected chi connectivity index (χ0v) is 28.5. The number of benzene rings is 3. The molecular weight excluding hydrogens is 668 g/mol. The van der Waals surface area contributed by atoms with Gasteiger partial charge in [-0.3, -0.25) is 14.4 Å². The third kappa shape index (κ3) is 8.85. The topological polar surface area (TPSA) is 158 Å². The number of carbonyl (C=O) groups is 3. The minimum atomic E-state index is -4.59. The molecule has 0 aliphatic carbocycles. The van der Waals surface area contributed by atoms with Crippen molar-refractivity contribution >= 4 is 40.4 Å². The molecule has 5 rings (SSSR count). The number of hydrogen-bond acceptors (Lipinski definition) is 7. The van der Waals surface area contributed by atoms with Crippen LogP contribution in [0.3, 0.4) is 0 Å². The highest BCUT2D eigenvalue weighted by atomic mass is 32.2. The highest BCUT2D eigenvalue weighted by Crippen LogP contribution is 2.37. The first kappa shape index (κ1) is 36.9. The Bertz CT molecular complexity index is 1820. The largest absolute Gasteiger partial charge is 0.416 e. The van der Waals surface area contributed by atoms with Crippen molar-refractivity contribution in [1.29, 1.82) is 0 Å². The molecule has 2 heterocycles. The summed E-state index contributed by atoms with van der Waals surface area (Å²) >= 11 is 1.27. The smallest absolute Gasteiger partial charge is 0.361 e. The van der Waals surface area contributed by atoms with Gasteiger partial charge in [0.15, 0.2) is 0 Å². The maximum atomic E-state index is 14.0. The van der Waals surface area contributed by atoms with E-state index in [1.54, 1.807) is 0 Å². The number of nitrogens with one attached hydrogen (secondary N) is 4. The van der Waals surface area contributed by atoms with Gasteiger partial charge >= 0.3 is 6.18 Å². The van der Waals surface area contributed by atoms with Gasteiger partial charge < -0.3 is 37.3 Å². The van der Waals surface area contributed by atoms with Gasteiger partial charge in [0.05, 0.1) is 11.6 Å². The summed E-state index contributed by atoms with van der Waals surface area (Å²) in [5.74, 6) is -1.55. The number of carbonyl (C=O) groups excluding carboxylic acids is 3. The van der Waals surface area contributed by atoms with Crippen LogP contribution in [0.5, 0.6) is 0 Å². The van der Waals surface area contributed by atoms with Crippen molar-refractivity contribution in [3.8, 4) is 0 Å². The zero-order valence-electron chi connectivity index (χ0n) is 27.7. The predicted octanol–water partition coefficient (Wildman–Crippen LogP) is 4.07. The second-order valence-corrected chi connectivity index (χ2v) is 13.4. The van der Waals surface area contributed by atoms with Crippen LogP contribution in [0, 0.1) is 0 Å². The van der Waals surface area contributed by atoms with Gasteiger partial charge in [0.1, 0.15) is 12.1 Å². The average molecular weight is 710 g/mol. The second kappa shape index (κ2) is 16.6. The van der Waals surface area contributed by atoms with Gasteiger partial charge in [0, 0.05) is 53.6 Å². The van der Waals surface area contributed by atoms with Crippen molar-refractivity contribution in [1.82, 2.24) is 25.8 Å². The maximum Gasteiger partial charge on any atom is 0.416 e. The van der Waals surface area contributed by atoms with E-state index in [4.69, 9.17) is 11.5 Å². The van der Waals surface area contributed by atoms with Crippen molar-refractivity contribution in [3.05, 3.63) is 95.2 Å². The molecule has 1 aromatic heterocycles. The molecule has 14 heteroatoms. The van der Waals surface area contributed by atoms with Crippen LogP contribution in [0.25, 0.3) is 10.9 Å². The molecule has 0 bridgehead atoms. The molecule has 266 valence electrons. The van der Waals surface area contributed by atoms with Crippen LogP contribution in [-0.2, 0) is 40.1 Å². The summed E-state index contributed by atoms with van der Waals surface area (Å²) in [6.07, 6.45) is -1.22. The number of halogens is 3. The summed E-state index contributed by atoms with van der Waals surface area (Å²) < 4.78 is 41.6. The van der Waals surface area contributed by atoms with Crippen LogP contribution in [-0.4, -0.2) is 65.9 Å². The lowest BCUT2D eigenvalue weighted by Crippen LogP contribution is -2.58. The number of hydrogen-bond donors (Lipinski definition) is 6. The molecule has 1 aliphatic heterocycles. The molecule has 1 aliphatic rings. The number of alkyl halides is 3. The molecule has 0 saturated heterocycles. The molecule has 0 unspecified atom stereocenters. The Morgan fingerprint density at radius 3 is 2.38 bits per heavy atom. The van der Waals surface area contributed by atoms with Crippen molar-refractivity contribution in [3.63, 3.8) is 0 Å². The monoisotopic (exact) mass is 709 g/mol. The Morgan fingerprint density at radius 2 is 1.62 bits per heavy atom. The molecule has 0 radical (unpaired) electrons. The fourth-order valence-electron chi connectivity index (χ4n) is 6.07. The minimum Gasteiger partial charge on any atom is -0.361 e. The number of fused-ring (bicyclic) bond motifs is 3. The number of aromatic amines is 1. The van der Waals surface area contributed by atoms with Crippen LogP contribution < -0.4 is 27.4 Å². The fourth-order valence-corrected chi connectivity index (χ4v) is 7.12. The van der Waals surface area contributed by atoms with E-state index in [1.807, 2.05) is 54.7 Å². The molecule has 3 atom stereocenters. The first-order valence-electron chi connectivity index (χ1n) is 16.5. The number of likely N-dealkylation sites (N-methyl/N-ethyl adjacent to an activating group) is 1. The normalized spacial score (nSPS) is 19.8. The van der Waals surface area contributed by atoms with Gasteiger partial charge in [0.25, 0.3) is 0 Å². The third-order valence-corrected chi connectivity index (χ3v) is 10.2. The Kier molecular flexibility index (Phi) is 12.2. The highest BCUT2D eigenvalue weighted by molar-refractivity contribution is 7.99. The molecule has 0 saturated carbocycles. The van der Waals surface area contributed by atoms with E-state index in [0.29, 0.717) is 30.7 Å². The summed E-state index contributed by atoms with van der Waals surface area (Å²) in [5, 5.41) is 9.84. The molecule has 8 N–H and O–H groups in total. The summed E-state index contributed by atoms with van der Waals surface area (Å²) in [7, 11) is 1.47. The Labute approximate surface area is 292 Å². The lowest BCUT2D eigenvalue weighted by molar-refractivity contribution is -0.142. The highest BCUT2D eigenvalue weighted by Gasteiger charge is 2.34. The maximum absolute atomic E-state index is 14.0. The van der Waals surface area contributed by atoms with Gasteiger partial charge in [-0.1, -0.05) is 48.2 Å². The Morgan fingerprint density at radius 1 is 0.880 bits per heavy atom. The Balaban J connectivity index is 1.53. The van der Waals surface area contributed by atoms with E-state index in [0.717, 1.165) is 39.1 Å². The number of aryl methyl sites for hydroxylation is 1. The molecule has 3 amide bonds. The van der Waals surface area contributed by atoms with Crippen molar-refractivity contribution in [2.75, 3.05) is 20.1 Å². The number of para-hydroxylation sites is 1. The molecule has 3 aromatic carbocycles. The van der Waals surface area contributed by atoms with Gasteiger partial charge in [-0.25, -0.2) is 0 Å². The van der Waals surface area contributed by atoms with E-state index in [1.165, 1.54) is 29.8 Å². The van der Waals surface area contributed by atoms with Gasteiger partial charge in [0.2, 0.25) is 17.7 Å². The molecule has 50 heavy (non-hydrogen) atoms. The van der Waals surface area contributed by atoms with Crippen molar-refractivity contribution in [2.24, 2.45) is 11.5 Å². The van der Waals surface area contributed by atoms with Crippen molar-refractivity contribution in [2.45, 2.75) is 72.9 Å². The number of rotatable bonds is 7. The standard InChI is InChI=1S/C36H42F3N7O3S/c1-46-30(14-12-22-19-42-27-9-4-3-8-26(22)27)34(48)44-21-24-17-25(36(37,38)39)13-15-32(24)50-31-11-5-2-7-23(31)20-43-28(10-6-16-40)33(47)45-29(18-41)35(46)49/h2-5,7-9,11,13,15,17,19,28-30,42-43H,6,10,12,14,16,18,20-21,40-41H2,1H3,(H,44,48)(H,45,47)/t28-,29-,30-/m0/s1. The number of amides is 3. The van der Waals surface area contributed by atoms with E-state index in [-0.39, 0.29) is 31.6 Å². The molecule has 10 nitrogen and oxygen atoms in total. The van der Waals surface area contributed by atoms with E-state index in [2.05, 4.69) is 20.9 Å². The zero-order chi connectivity index (χ0) is 35.8. The van der Waals surface area contributed by atoms with E-state index < -0.39 is 47.6 Å². The molecular formula is C36H42F3N7O3S. The predicted molar refractivity (Wildman–Crippen MR) is 187 cm³/mol. The van der Waals surface area contributed by atoms with Crippen molar-refractivity contribution < 1.29 is 27.6 Å². The number of nitrogens with zero attached hydrogens (tertiary/aromatic N) is 1. The SMILES string of the molecule is CN1C(=O)[C@H](CN)NC(=O)[C@H](CCCN)NCc2ccccc2Sc2ccc(C(F)(F)F)cc2CNC(=O)[C@@H]1CCc1c[nH]c2ccccc12. The van der Waals surface area contributed by atoms with Gasteiger partial charge in [-0.2, -0.15) is 13.2 Å². The van der Waals surface area contributed by atoms with Crippen LogP contribution in [0.1, 0.15) is 41.5 Å². The third-order valence-electron chi connectivity index (χ3n) is 8.92. The van der Waals surface area contributed by atoms with E-state index >= 15 is 0 Å². The fraction of sp³-hybridized carbons (Fsp3) is 0.361. The first-order valence-corrected chi connectivity index (χ1v) is 17.3. The quantitative estimate of drug-likeness (QED) is 0.169. The summed E-state index contributed by atoms with van der Waals surface area (Å²) in [6.45, 7) is 0.178. The molecule has 0 spiro atoms. The van der Waals surface area contributed by atoms with Crippen LogP contribution >= 0.6 is 11.8 Å². The van der Waals surface area contributed by atoms with Crippen LogP contribution in [0.2, 0.25) is 0 Å². The average Bonchev–Trinajstić information content (AvgIpc) is 3.52. The van der Waals surface area contributed by atoms with Crippen LogP contribution in [0.4, 0.5) is 13.2 Å². The summed E-state index contributed by atoms with van der Waals surface area (Å²) in [5.41, 5.74) is 13.9. The van der Waals surface area contributed by atoms with Gasteiger partial charge in [-0.05, 0) is 79.3 Å². The Hall–Kier alpha value is -4.37. The van der Waals surface area contributed by atoms with Gasteiger partial charge in [-0.15, -0.1) is 0 Å². The first-order chi connectivity index (χ1) is 24.0. The lowest BCUT2D eigenvalue weighted by Gasteiger charge is -2.31. The number of H-pyrrole nitrogens is 1. The minimum absolute atomic E-state index is 0.194. The summed E-state index contributed by atoms with van der Waals surface area (Å²) in [4.78, 5) is 47.3. The lowest BCUT2D eigenvalue weighted by atomic mass is 10.0. The number of nitrogens with two attached hydrogens (primary N) is 2. The van der Waals surface area contributed by atoms with Crippen LogP contribution in [0.15, 0.2) is 82.7 Å². The number of aromatic nitrogens is 1. The second-order valence-electron chi connectivity index (χ2n) is 12.3. The molecule has 0 fully saturated rings. The summed E-state index contributed by atoms with van der Waals surface area (Å²) in [6, 6.07) is 15.7.